The molecule has 0 atom stereocenters. The van der Waals surface area contributed by atoms with Gasteiger partial charge < -0.3 is 31.9 Å². The van der Waals surface area contributed by atoms with E-state index in [0.29, 0.717) is 16.9 Å². The maximum Gasteiger partial charge on any atom is 0.296 e. The molecule has 0 aliphatic rings. The summed E-state index contributed by atoms with van der Waals surface area (Å²) < 4.78 is 37.1. The van der Waals surface area contributed by atoms with Crippen molar-refractivity contribution in [2.75, 3.05) is 31.9 Å². The molecule has 0 unspecified atom stereocenters. The molecule has 0 amide bonds. The maximum absolute atomic E-state index is 13.2. The van der Waals surface area contributed by atoms with E-state index in [1.165, 1.54) is 6.07 Å². The van der Waals surface area contributed by atoms with Crippen LogP contribution in [0.5, 0.6) is 0 Å². The molecule has 0 saturated carbocycles. The third-order valence-corrected chi connectivity index (χ3v) is 9.49. The molecule has 2 heterocycles. The molecule has 8 aromatic rings. The first-order valence-electron chi connectivity index (χ1n) is 18.5. The van der Waals surface area contributed by atoms with E-state index < -0.39 is 15.0 Å². The van der Waals surface area contributed by atoms with Crippen molar-refractivity contribution in [3.8, 4) is 0 Å². The molecule has 0 aliphatic carbocycles. The van der Waals surface area contributed by atoms with Gasteiger partial charge in [-0.15, -0.1) is 0 Å². The quantitative estimate of drug-likeness (QED) is 0.0380. The lowest BCUT2D eigenvalue weighted by Gasteiger charge is -2.19. The number of hydrogen-bond donors (Lipinski definition) is 7. The van der Waals surface area contributed by atoms with Gasteiger partial charge >= 0.3 is 0 Å². The zero-order chi connectivity index (χ0) is 41.2. The Kier molecular flexibility index (Phi) is 11.6. The van der Waals surface area contributed by atoms with Crippen molar-refractivity contribution in [2.45, 2.75) is 4.90 Å². The fourth-order valence-corrected chi connectivity index (χ4v) is 6.53. The fraction of sp³-hybridized carbons (Fsp3) is 0. The molecule has 0 radical (unpaired) electrons. The summed E-state index contributed by atoms with van der Waals surface area (Å²) in [4.78, 5) is 27.3. The first-order valence-corrected chi connectivity index (χ1v) is 20.0. The molecule has 15 nitrogen and oxygen atoms in total. The summed E-state index contributed by atoms with van der Waals surface area (Å²) in [6.45, 7) is 0. The summed E-state index contributed by atoms with van der Waals surface area (Å²) in [5.41, 5.74) is 4.26. The van der Waals surface area contributed by atoms with E-state index in [1.807, 2.05) is 158 Å². The molecule has 0 fully saturated rings. The van der Waals surface area contributed by atoms with Crippen LogP contribution in [0, 0.1) is 0 Å². The Hall–Kier alpha value is -8.21. The molecule has 2 aromatic heterocycles. The van der Waals surface area contributed by atoms with E-state index in [2.05, 4.69) is 61.8 Å². The van der Waals surface area contributed by atoms with Crippen LogP contribution in [0.3, 0.4) is 0 Å². The van der Waals surface area contributed by atoms with Gasteiger partial charge in [0.15, 0.2) is 0 Å². The number of nitrogens with zero attached hydrogens (tertiary/aromatic N) is 6. The number of anilines is 12. The minimum absolute atomic E-state index is 0.0280. The topological polar surface area (TPSA) is 204 Å². The molecule has 0 spiro atoms. The predicted octanol–water partition coefficient (Wildman–Crippen LogP) is 9.94. The zero-order valence-electron chi connectivity index (χ0n) is 31.6. The average molecular weight is 813 g/mol. The first-order chi connectivity index (χ1) is 29.3. The molecule has 0 aliphatic heterocycles. The Balaban J connectivity index is 1.27. The highest BCUT2D eigenvalue weighted by Crippen LogP contribution is 2.38. The monoisotopic (exact) mass is 812 g/mol. The number of nitrogens with one attached hydrogen (secondary N) is 6. The van der Waals surface area contributed by atoms with Crippen LogP contribution in [-0.2, 0) is 10.1 Å². The molecule has 7 N–H and O–H groups in total. The molecule has 6 aromatic carbocycles. The number of aromatic nitrogens is 6. The standard InChI is InChI=1S/C44H36N12O3S/c57-60(58,59)36-29-28-31(27-26-30-16-6-1-7-17-30)37(49-43-53-39(45-32-18-8-2-9-19-32)51-40(54-43)46-33-20-10-3-11-21-33)38(36)50-44-55-41(47-34-22-12-4-13-23-34)52-42(56-44)48-35-24-14-5-15-25-35/h1-29H,(H,57,58,59)(H3,45,46,49,51,53,54)(H3,47,48,50,52,55,56). The smallest absolute Gasteiger partial charge is 0.296 e. The minimum atomic E-state index is -4.87. The second-order valence-corrected chi connectivity index (χ2v) is 14.3. The van der Waals surface area contributed by atoms with Crippen LogP contribution in [0.15, 0.2) is 169 Å². The molecule has 16 heteroatoms. The van der Waals surface area contributed by atoms with Crippen LogP contribution in [0.25, 0.3) is 12.2 Å². The van der Waals surface area contributed by atoms with Crippen molar-refractivity contribution < 1.29 is 13.0 Å². The largest absolute Gasteiger partial charge is 0.324 e. The second kappa shape index (κ2) is 17.9. The number of hydrogen-bond acceptors (Lipinski definition) is 14. The molecule has 60 heavy (non-hydrogen) atoms. The predicted molar refractivity (Wildman–Crippen MR) is 237 cm³/mol. The van der Waals surface area contributed by atoms with Gasteiger partial charge in [-0.3, -0.25) is 4.55 Å². The third-order valence-electron chi connectivity index (χ3n) is 8.60. The van der Waals surface area contributed by atoms with Crippen LogP contribution in [0.4, 0.5) is 69.8 Å². The van der Waals surface area contributed by atoms with Gasteiger partial charge in [0.2, 0.25) is 35.7 Å². The Morgan fingerprint density at radius 2 is 0.683 bits per heavy atom. The summed E-state index contributed by atoms with van der Waals surface area (Å²) in [7, 11) is -4.87. The van der Waals surface area contributed by atoms with Gasteiger partial charge in [-0.1, -0.05) is 121 Å². The van der Waals surface area contributed by atoms with Crippen LogP contribution >= 0.6 is 0 Å². The second-order valence-electron chi connectivity index (χ2n) is 12.9. The summed E-state index contributed by atoms with van der Waals surface area (Å²) in [5.74, 6) is 0.624. The Labute approximate surface area is 345 Å². The van der Waals surface area contributed by atoms with Crippen LogP contribution in [0.1, 0.15) is 11.1 Å². The number of benzene rings is 6. The lowest BCUT2D eigenvalue weighted by molar-refractivity contribution is 0.483. The molecule has 0 saturated heterocycles. The number of para-hydroxylation sites is 4. The van der Waals surface area contributed by atoms with Gasteiger partial charge in [0, 0.05) is 28.3 Å². The summed E-state index contributed by atoms with van der Waals surface area (Å²) in [6, 6.07) is 49.7. The molecule has 8 rings (SSSR count). The van der Waals surface area contributed by atoms with Crippen LogP contribution in [-0.4, -0.2) is 42.9 Å². The lowest BCUT2D eigenvalue weighted by Crippen LogP contribution is -2.13. The van der Waals surface area contributed by atoms with Gasteiger partial charge in [-0.05, 0) is 60.2 Å². The van der Waals surface area contributed by atoms with Crippen molar-refractivity contribution in [3.05, 3.63) is 175 Å². The van der Waals surface area contributed by atoms with E-state index in [0.717, 1.165) is 16.9 Å². The van der Waals surface area contributed by atoms with Gasteiger partial charge in [0.25, 0.3) is 10.1 Å². The molecule has 0 bridgehead atoms. The van der Waals surface area contributed by atoms with E-state index in [9.17, 15) is 13.0 Å². The molecular formula is C44H36N12O3S. The number of rotatable bonds is 15. The highest BCUT2D eigenvalue weighted by Gasteiger charge is 2.24. The van der Waals surface area contributed by atoms with Gasteiger partial charge in [-0.25, -0.2) is 0 Å². The molecule has 296 valence electrons. The van der Waals surface area contributed by atoms with Crippen molar-refractivity contribution in [2.24, 2.45) is 0 Å². The average Bonchev–Trinajstić information content (AvgIpc) is 3.25. The van der Waals surface area contributed by atoms with Crippen LogP contribution in [0.2, 0.25) is 0 Å². The van der Waals surface area contributed by atoms with E-state index in [4.69, 9.17) is 0 Å². The molecular weight excluding hydrogens is 777 g/mol. The van der Waals surface area contributed by atoms with Gasteiger partial charge in [0.1, 0.15) is 4.90 Å². The van der Waals surface area contributed by atoms with E-state index in [-0.39, 0.29) is 47.1 Å². The van der Waals surface area contributed by atoms with Crippen molar-refractivity contribution in [3.63, 3.8) is 0 Å². The van der Waals surface area contributed by atoms with Crippen molar-refractivity contribution in [1.82, 2.24) is 29.9 Å². The lowest BCUT2D eigenvalue weighted by atomic mass is 10.1. The Bertz CT molecular complexity index is 2720. The first kappa shape index (κ1) is 38.7. The minimum Gasteiger partial charge on any atom is -0.324 e. The van der Waals surface area contributed by atoms with Gasteiger partial charge in [0.05, 0.1) is 11.4 Å². The SMILES string of the molecule is O=S(=O)(O)c1ccc(C=Cc2ccccc2)c(Nc2nc(Nc3ccccc3)nc(Nc3ccccc3)n2)c1Nc1nc(Nc2ccccc2)nc(Nc2ccccc2)n1. The Morgan fingerprint density at radius 1 is 0.367 bits per heavy atom. The maximum atomic E-state index is 13.2. The van der Waals surface area contributed by atoms with E-state index in [1.54, 1.807) is 12.1 Å². The summed E-state index contributed by atoms with van der Waals surface area (Å²) >= 11 is 0. The zero-order valence-corrected chi connectivity index (χ0v) is 32.4. The van der Waals surface area contributed by atoms with E-state index >= 15 is 0 Å². The van der Waals surface area contributed by atoms with Gasteiger partial charge in [-0.2, -0.15) is 38.3 Å². The summed E-state index contributed by atoms with van der Waals surface area (Å²) in [6.07, 6.45) is 3.66. The van der Waals surface area contributed by atoms with Crippen LogP contribution < -0.4 is 31.9 Å². The fourth-order valence-electron chi connectivity index (χ4n) is 5.88. The highest BCUT2D eigenvalue weighted by atomic mass is 32.2. The normalized spacial score (nSPS) is 11.2. The van der Waals surface area contributed by atoms with Crippen molar-refractivity contribution in [1.29, 1.82) is 0 Å². The summed E-state index contributed by atoms with van der Waals surface area (Å²) in [5, 5.41) is 19.1. The van der Waals surface area contributed by atoms with Crippen molar-refractivity contribution >= 4 is 92.1 Å². The highest BCUT2D eigenvalue weighted by molar-refractivity contribution is 7.86. The third kappa shape index (κ3) is 10.2. The Morgan fingerprint density at radius 3 is 1.03 bits per heavy atom.